The molecule has 0 aliphatic rings. The van der Waals surface area contributed by atoms with Crippen molar-refractivity contribution < 1.29 is 9.53 Å². The van der Waals surface area contributed by atoms with E-state index in [2.05, 4.69) is 15.3 Å². The number of fused-ring (bicyclic) bond motifs is 1. The predicted octanol–water partition coefficient (Wildman–Crippen LogP) is 5.00. The minimum absolute atomic E-state index is 0.165. The second kappa shape index (κ2) is 7.56. The predicted molar refractivity (Wildman–Crippen MR) is 103 cm³/mol. The lowest BCUT2D eigenvalue weighted by Gasteiger charge is -2.11. The summed E-state index contributed by atoms with van der Waals surface area (Å²) in [6, 6.07) is 10.5. The molecule has 8 heteroatoms. The zero-order valence-electron chi connectivity index (χ0n) is 13.5. The number of benzene rings is 2. The van der Waals surface area contributed by atoms with Crippen molar-refractivity contribution in [3.8, 4) is 5.75 Å². The van der Waals surface area contributed by atoms with Crippen LogP contribution >= 0.6 is 35.0 Å². The van der Waals surface area contributed by atoms with E-state index in [-0.39, 0.29) is 11.2 Å². The summed E-state index contributed by atoms with van der Waals surface area (Å²) in [6.45, 7) is 1.81. The highest BCUT2D eigenvalue weighted by molar-refractivity contribution is 8.00. The molecule has 0 unspecified atom stereocenters. The van der Waals surface area contributed by atoms with Crippen LogP contribution in [0.15, 0.2) is 41.6 Å². The lowest BCUT2D eigenvalue weighted by molar-refractivity contribution is -0.115. The molecule has 0 bridgehead atoms. The Morgan fingerprint density at radius 2 is 1.96 bits per heavy atom. The van der Waals surface area contributed by atoms with Crippen molar-refractivity contribution in [1.82, 2.24) is 9.97 Å². The van der Waals surface area contributed by atoms with Crippen LogP contribution in [0.3, 0.4) is 0 Å². The first-order valence-corrected chi connectivity index (χ1v) is 9.05. The monoisotopic (exact) mass is 395 g/mol. The van der Waals surface area contributed by atoms with Gasteiger partial charge in [-0.1, -0.05) is 35.0 Å². The lowest BCUT2D eigenvalue weighted by Crippen LogP contribution is -2.22. The Kier molecular flexibility index (Phi) is 5.42. The first-order chi connectivity index (χ1) is 11.9. The Morgan fingerprint density at radius 1 is 1.24 bits per heavy atom. The molecule has 130 valence electrons. The molecule has 3 aromatic rings. The van der Waals surface area contributed by atoms with Crippen LogP contribution in [0, 0.1) is 0 Å². The number of methoxy groups -OCH3 is 1. The number of rotatable bonds is 5. The fourth-order valence-corrected chi connectivity index (χ4v) is 3.59. The van der Waals surface area contributed by atoms with Crippen molar-refractivity contribution in [2.24, 2.45) is 0 Å². The fourth-order valence-electron chi connectivity index (χ4n) is 2.24. The van der Waals surface area contributed by atoms with Gasteiger partial charge in [-0.2, -0.15) is 0 Å². The van der Waals surface area contributed by atoms with E-state index in [1.165, 1.54) is 11.8 Å². The van der Waals surface area contributed by atoms with Gasteiger partial charge in [0.1, 0.15) is 5.75 Å². The van der Waals surface area contributed by atoms with Gasteiger partial charge < -0.3 is 15.0 Å². The highest BCUT2D eigenvalue weighted by atomic mass is 35.5. The molecule has 2 aromatic carbocycles. The minimum Gasteiger partial charge on any atom is -0.497 e. The van der Waals surface area contributed by atoms with Gasteiger partial charge in [-0.05, 0) is 37.3 Å². The van der Waals surface area contributed by atoms with Crippen LogP contribution in [0.4, 0.5) is 5.69 Å². The number of hydrogen-bond donors (Lipinski definition) is 2. The number of anilines is 1. The summed E-state index contributed by atoms with van der Waals surface area (Å²) < 4.78 is 5.20. The molecule has 0 radical (unpaired) electrons. The van der Waals surface area contributed by atoms with Gasteiger partial charge in [0.25, 0.3) is 0 Å². The van der Waals surface area contributed by atoms with E-state index < -0.39 is 0 Å². The Labute approximate surface area is 159 Å². The molecular formula is C17H15Cl2N3O2S. The number of halogens is 2. The van der Waals surface area contributed by atoms with E-state index in [0.717, 1.165) is 16.8 Å². The standard InChI is InChI=1S/C17H15Cl2N3O2S/c1-9(16(23)20-12-6-10(18)5-11(19)7-12)25-17-21-14-4-3-13(24-2)8-15(14)22-17/h3-9H,1-2H3,(H,20,23)(H,21,22)/t9-/m0/s1. The van der Waals surface area contributed by atoms with Gasteiger partial charge in [-0.3, -0.25) is 4.79 Å². The average Bonchev–Trinajstić information content (AvgIpc) is 2.94. The minimum atomic E-state index is -0.361. The first kappa shape index (κ1) is 17.9. The molecule has 1 atom stereocenters. The van der Waals surface area contributed by atoms with Crippen molar-refractivity contribution in [3.63, 3.8) is 0 Å². The first-order valence-electron chi connectivity index (χ1n) is 7.42. The molecule has 5 nitrogen and oxygen atoms in total. The molecule has 3 rings (SSSR count). The third kappa shape index (κ3) is 4.39. The van der Waals surface area contributed by atoms with Gasteiger partial charge >= 0.3 is 0 Å². The second-order valence-corrected chi connectivity index (χ2v) is 7.53. The SMILES string of the molecule is COc1ccc2nc(S[C@@H](C)C(=O)Nc3cc(Cl)cc(Cl)c3)[nH]c2c1. The Morgan fingerprint density at radius 3 is 2.64 bits per heavy atom. The van der Waals surface area contributed by atoms with Crippen molar-refractivity contribution >= 4 is 57.6 Å². The Hall–Kier alpha value is -1.89. The zero-order chi connectivity index (χ0) is 18.0. The molecule has 0 fully saturated rings. The summed E-state index contributed by atoms with van der Waals surface area (Å²) >= 11 is 13.2. The van der Waals surface area contributed by atoms with E-state index in [4.69, 9.17) is 27.9 Å². The average molecular weight is 396 g/mol. The van der Waals surface area contributed by atoms with Gasteiger partial charge in [0.2, 0.25) is 5.91 Å². The number of aromatic nitrogens is 2. The Balaban J connectivity index is 1.70. The number of ether oxygens (including phenoxy) is 1. The summed E-state index contributed by atoms with van der Waals surface area (Å²) in [4.78, 5) is 20.0. The van der Waals surface area contributed by atoms with Crippen LogP contribution in [0.25, 0.3) is 11.0 Å². The van der Waals surface area contributed by atoms with Crippen molar-refractivity contribution in [2.45, 2.75) is 17.3 Å². The van der Waals surface area contributed by atoms with Gasteiger partial charge in [-0.25, -0.2) is 4.98 Å². The smallest absolute Gasteiger partial charge is 0.237 e. The van der Waals surface area contributed by atoms with E-state index >= 15 is 0 Å². The highest BCUT2D eigenvalue weighted by Gasteiger charge is 2.17. The van der Waals surface area contributed by atoms with Crippen LogP contribution in [0.1, 0.15) is 6.92 Å². The molecule has 1 heterocycles. The fraction of sp³-hybridized carbons (Fsp3) is 0.176. The van der Waals surface area contributed by atoms with Crippen LogP contribution in [-0.4, -0.2) is 28.2 Å². The summed E-state index contributed by atoms with van der Waals surface area (Å²) in [7, 11) is 1.61. The molecule has 1 aromatic heterocycles. The number of H-pyrrole nitrogens is 1. The molecule has 0 aliphatic heterocycles. The van der Waals surface area contributed by atoms with Crippen LogP contribution in [0.2, 0.25) is 10.0 Å². The summed E-state index contributed by atoms with van der Waals surface area (Å²) in [5, 5.41) is 4.04. The zero-order valence-corrected chi connectivity index (χ0v) is 15.8. The van der Waals surface area contributed by atoms with E-state index in [1.807, 2.05) is 18.2 Å². The summed E-state index contributed by atoms with van der Waals surface area (Å²) in [5.41, 5.74) is 2.23. The largest absolute Gasteiger partial charge is 0.497 e. The van der Waals surface area contributed by atoms with Gasteiger partial charge in [0, 0.05) is 21.8 Å². The van der Waals surface area contributed by atoms with Gasteiger partial charge in [0.05, 0.1) is 23.4 Å². The molecule has 2 N–H and O–H groups in total. The number of carbonyl (C=O) groups is 1. The molecule has 0 spiro atoms. The lowest BCUT2D eigenvalue weighted by atomic mass is 10.3. The number of nitrogens with zero attached hydrogens (tertiary/aromatic N) is 1. The Bertz CT molecular complexity index is 909. The molecule has 1 amide bonds. The van der Waals surface area contributed by atoms with Crippen LogP contribution < -0.4 is 10.1 Å². The highest BCUT2D eigenvalue weighted by Crippen LogP contribution is 2.27. The number of imidazole rings is 1. The number of aromatic amines is 1. The van der Waals surface area contributed by atoms with Crippen molar-refractivity contribution in [2.75, 3.05) is 12.4 Å². The van der Waals surface area contributed by atoms with E-state index in [0.29, 0.717) is 20.9 Å². The molecule has 0 saturated carbocycles. The summed E-state index contributed by atoms with van der Waals surface area (Å²) in [5.74, 6) is 0.581. The number of hydrogen-bond acceptors (Lipinski definition) is 4. The number of thioether (sulfide) groups is 1. The molecule has 0 aliphatic carbocycles. The van der Waals surface area contributed by atoms with Crippen LogP contribution in [0.5, 0.6) is 5.75 Å². The normalized spacial score (nSPS) is 12.2. The summed E-state index contributed by atoms with van der Waals surface area (Å²) in [6.07, 6.45) is 0. The second-order valence-electron chi connectivity index (χ2n) is 5.33. The van der Waals surface area contributed by atoms with Gasteiger partial charge in [-0.15, -0.1) is 0 Å². The van der Waals surface area contributed by atoms with E-state index in [9.17, 15) is 4.79 Å². The van der Waals surface area contributed by atoms with E-state index in [1.54, 1.807) is 32.2 Å². The maximum Gasteiger partial charge on any atom is 0.237 e. The third-order valence-corrected chi connectivity index (χ3v) is 4.88. The van der Waals surface area contributed by atoms with Crippen LogP contribution in [-0.2, 0) is 4.79 Å². The van der Waals surface area contributed by atoms with Gasteiger partial charge in [0.15, 0.2) is 5.16 Å². The third-order valence-electron chi connectivity index (χ3n) is 3.46. The molecule has 0 saturated heterocycles. The number of amides is 1. The molecular weight excluding hydrogens is 381 g/mol. The van der Waals surface area contributed by atoms with Crippen molar-refractivity contribution in [3.05, 3.63) is 46.4 Å². The van der Waals surface area contributed by atoms with Crippen molar-refractivity contribution in [1.29, 1.82) is 0 Å². The topological polar surface area (TPSA) is 67.0 Å². The maximum absolute atomic E-state index is 12.4. The quantitative estimate of drug-likeness (QED) is 0.596. The maximum atomic E-state index is 12.4. The number of nitrogens with one attached hydrogen (secondary N) is 2. The molecule has 25 heavy (non-hydrogen) atoms. The number of carbonyl (C=O) groups excluding carboxylic acids is 1.